The molecule has 28 heavy (non-hydrogen) atoms. The van der Waals surface area contributed by atoms with Crippen molar-refractivity contribution in [2.75, 3.05) is 60.0 Å². The Labute approximate surface area is 186 Å². The Morgan fingerprint density at radius 1 is 1.14 bits per heavy atom. The summed E-state index contributed by atoms with van der Waals surface area (Å²) in [4.78, 5) is 23.4. The molecule has 0 spiro atoms. The van der Waals surface area contributed by atoms with Crippen molar-refractivity contribution in [3.05, 3.63) is 0 Å². The summed E-state index contributed by atoms with van der Waals surface area (Å²) in [7, 11) is 3.59. The summed E-state index contributed by atoms with van der Waals surface area (Å²) in [6.07, 6.45) is 6.56. The predicted octanol–water partition coefficient (Wildman–Crippen LogP) is 1.23. The molecule has 8 heteroatoms. The summed E-state index contributed by atoms with van der Waals surface area (Å²) in [6, 6.07) is 1.12. The monoisotopic (exact) mass is 505 g/mol. The lowest BCUT2D eigenvalue weighted by Gasteiger charge is -2.33. The molecule has 1 amide bonds. The molecule has 2 aliphatic carbocycles. The van der Waals surface area contributed by atoms with Crippen molar-refractivity contribution < 1.29 is 9.53 Å². The molecule has 7 nitrogen and oxygen atoms in total. The Bertz CT molecular complexity index is 567. The van der Waals surface area contributed by atoms with Crippen LogP contribution in [0, 0.1) is 11.8 Å². The first-order valence-corrected chi connectivity index (χ1v) is 10.7. The second-order valence-corrected chi connectivity index (χ2v) is 8.89. The van der Waals surface area contributed by atoms with Gasteiger partial charge in [-0.05, 0) is 37.5 Å². The van der Waals surface area contributed by atoms with E-state index >= 15 is 0 Å². The molecular weight excluding hydrogens is 469 g/mol. The molecule has 2 aliphatic heterocycles. The number of amides is 1. The Morgan fingerprint density at radius 3 is 2.57 bits per heavy atom. The maximum Gasteiger partial charge on any atom is 0.243 e. The molecule has 0 aromatic rings. The number of morpholine rings is 1. The van der Waals surface area contributed by atoms with E-state index in [0.29, 0.717) is 12.1 Å². The fraction of sp³-hybridized carbons (Fsp3) is 0.900. The quantitative estimate of drug-likeness (QED) is 0.354. The van der Waals surface area contributed by atoms with Crippen LogP contribution in [0.4, 0.5) is 0 Å². The number of guanidine groups is 1. The van der Waals surface area contributed by atoms with Crippen LogP contribution in [0.3, 0.4) is 0 Å². The number of ether oxygens (including phenoxy) is 1. The highest BCUT2D eigenvalue weighted by atomic mass is 127. The topological polar surface area (TPSA) is 60.4 Å². The number of hydrogen-bond donors (Lipinski definition) is 1. The SMILES string of the molecule is CN(C)C(=O)CN=C(NC1CC2CCC1C2)N1CCC(N2CCOCC2)C1.I. The van der Waals surface area contributed by atoms with E-state index in [1.54, 1.807) is 19.0 Å². The number of nitrogens with one attached hydrogen (secondary N) is 1. The van der Waals surface area contributed by atoms with Crippen LogP contribution in [0.25, 0.3) is 0 Å². The van der Waals surface area contributed by atoms with E-state index in [-0.39, 0.29) is 36.4 Å². The molecule has 0 aromatic carbocycles. The third-order valence-electron chi connectivity index (χ3n) is 6.94. The van der Waals surface area contributed by atoms with Gasteiger partial charge < -0.3 is 19.9 Å². The van der Waals surface area contributed by atoms with Crippen LogP contribution in [0.5, 0.6) is 0 Å². The first-order valence-electron chi connectivity index (χ1n) is 10.7. The van der Waals surface area contributed by atoms with Crippen molar-refractivity contribution in [2.45, 2.75) is 44.2 Å². The van der Waals surface area contributed by atoms with E-state index in [1.165, 1.54) is 32.1 Å². The highest BCUT2D eigenvalue weighted by Gasteiger charge is 2.41. The van der Waals surface area contributed by atoms with Gasteiger partial charge in [-0.2, -0.15) is 0 Å². The molecule has 0 radical (unpaired) electrons. The number of likely N-dealkylation sites (tertiary alicyclic amines) is 1. The number of carbonyl (C=O) groups excluding carboxylic acids is 1. The minimum Gasteiger partial charge on any atom is -0.379 e. The maximum absolute atomic E-state index is 12.1. The number of carbonyl (C=O) groups is 1. The standard InChI is InChI=1S/C20H35N5O2.HI/c1-23(2)19(26)13-21-20(22-18-12-15-3-4-16(18)11-15)25-6-5-17(14-25)24-7-9-27-10-8-24;/h15-18H,3-14H2,1-2H3,(H,21,22);1H. The van der Waals surface area contributed by atoms with Crippen molar-refractivity contribution >= 4 is 35.8 Å². The molecule has 2 bridgehead atoms. The number of likely N-dealkylation sites (N-methyl/N-ethyl adjacent to an activating group) is 1. The number of aliphatic imine (C=N–C) groups is 1. The van der Waals surface area contributed by atoms with Crippen LogP contribution in [0.1, 0.15) is 32.1 Å². The summed E-state index contributed by atoms with van der Waals surface area (Å²) < 4.78 is 5.50. The lowest BCUT2D eigenvalue weighted by molar-refractivity contribution is -0.127. The zero-order chi connectivity index (χ0) is 18.8. The number of halogens is 1. The van der Waals surface area contributed by atoms with Crippen LogP contribution in [0.15, 0.2) is 4.99 Å². The first-order chi connectivity index (χ1) is 13.1. The van der Waals surface area contributed by atoms with E-state index in [1.807, 2.05) is 0 Å². The van der Waals surface area contributed by atoms with Crippen LogP contribution in [-0.4, -0.2) is 98.7 Å². The summed E-state index contributed by atoms with van der Waals surface area (Å²) in [5, 5.41) is 3.77. The van der Waals surface area contributed by atoms with Gasteiger partial charge in [-0.1, -0.05) is 6.42 Å². The second kappa shape index (κ2) is 9.93. The van der Waals surface area contributed by atoms with E-state index in [4.69, 9.17) is 9.73 Å². The summed E-state index contributed by atoms with van der Waals surface area (Å²) in [5.41, 5.74) is 0. The van der Waals surface area contributed by atoms with Gasteiger partial charge in [0, 0.05) is 52.4 Å². The molecule has 1 N–H and O–H groups in total. The van der Waals surface area contributed by atoms with Gasteiger partial charge in [-0.3, -0.25) is 9.69 Å². The van der Waals surface area contributed by atoms with Gasteiger partial charge in [0.15, 0.2) is 5.96 Å². The molecule has 4 aliphatic rings. The molecule has 4 unspecified atom stereocenters. The van der Waals surface area contributed by atoms with Crippen LogP contribution in [-0.2, 0) is 9.53 Å². The van der Waals surface area contributed by atoms with Gasteiger partial charge in [0.25, 0.3) is 0 Å². The lowest BCUT2D eigenvalue weighted by Crippen LogP contribution is -2.49. The van der Waals surface area contributed by atoms with Crippen molar-refractivity contribution in [3.8, 4) is 0 Å². The predicted molar refractivity (Wildman–Crippen MR) is 121 cm³/mol. The molecular formula is C20H36IN5O2. The van der Waals surface area contributed by atoms with Gasteiger partial charge >= 0.3 is 0 Å². The summed E-state index contributed by atoms with van der Waals surface area (Å²) in [5.74, 6) is 2.71. The maximum atomic E-state index is 12.1. The number of fused-ring (bicyclic) bond motifs is 2. The van der Waals surface area contributed by atoms with Crippen molar-refractivity contribution in [2.24, 2.45) is 16.8 Å². The molecule has 4 atom stereocenters. The average Bonchev–Trinajstić information content (AvgIpc) is 3.42. The highest BCUT2D eigenvalue weighted by molar-refractivity contribution is 14.0. The fourth-order valence-corrected chi connectivity index (χ4v) is 5.28. The van der Waals surface area contributed by atoms with E-state index < -0.39 is 0 Å². The average molecular weight is 505 g/mol. The number of hydrogen-bond acceptors (Lipinski definition) is 4. The van der Waals surface area contributed by atoms with Gasteiger partial charge in [0.2, 0.25) is 5.91 Å². The normalized spacial score (nSPS) is 33.1. The number of nitrogens with zero attached hydrogens (tertiary/aromatic N) is 4. The van der Waals surface area contributed by atoms with Crippen LogP contribution >= 0.6 is 24.0 Å². The Hall–Kier alpha value is -0.610. The smallest absolute Gasteiger partial charge is 0.243 e. The molecule has 160 valence electrons. The molecule has 0 aromatic heterocycles. The van der Waals surface area contributed by atoms with Crippen molar-refractivity contribution in [3.63, 3.8) is 0 Å². The zero-order valence-corrected chi connectivity index (χ0v) is 19.6. The molecule has 2 heterocycles. The molecule has 2 saturated carbocycles. The van der Waals surface area contributed by atoms with E-state index in [9.17, 15) is 4.79 Å². The van der Waals surface area contributed by atoms with Crippen molar-refractivity contribution in [1.29, 1.82) is 0 Å². The number of rotatable bonds is 4. The Balaban J connectivity index is 0.00000225. The third-order valence-corrected chi connectivity index (χ3v) is 6.94. The largest absolute Gasteiger partial charge is 0.379 e. The summed E-state index contributed by atoms with van der Waals surface area (Å²) >= 11 is 0. The molecule has 4 rings (SSSR count). The van der Waals surface area contributed by atoms with Crippen LogP contribution < -0.4 is 5.32 Å². The van der Waals surface area contributed by atoms with Gasteiger partial charge in [0.1, 0.15) is 6.54 Å². The summed E-state index contributed by atoms with van der Waals surface area (Å²) in [6.45, 7) is 6.01. The molecule has 4 fully saturated rings. The van der Waals surface area contributed by atoms with Crippen LogP contribution in [0.2, 0.25) is 0 Å². The lowest BCUT2D eigenvalue weighted by atomic mass is 9.95. The highest BCUT2D eigenvalue weighted by Crippen LogP contribution is 2.44. The minimum atomic E-state index is 0. The fourth-order valence-electron chi connectivity index (χ4n) is 5.28. The second-order valence-electron chi connectivity index (χ2n) is 8.89. The van der Waals surface area contributed by atoms with E-state index in [0.717, 1.165) is 57.2 Å². The Kier molecular flexibility index (Phi) is 7.83. The third kappa shape index (κ3) is 5.11. The van der Waals surface area contributed by atoms with Gasteiger partial charge in [-0.15, -0.1) is 24.0 Å². The minimum absolute atomic E-state index is 0. The molecule has 2 saturated heterocycles. The van der Waals surface area contributed by atoms with Gasteiger partial charge in [0.05, 0.1) is 13.2 Å². The van der Waals surface area contributed by atoms with Gasteiger partial charge in [-0.25, -0.2) is 4.99 Å². The van der Waals surface area contributed by atoms with Crippen molar-refractivity contribution in [1.82, 2.24) is 20.0 Å². The Morgan fingerprint density at radius 2 is 1.93 bits per heavy atom. The van der Waals surface area contributed by atoms with E-state index in [2.05, 4.69) is 15.1 Å². The zero-order valence-electron chi connectivity index (χ0n) is 17.3. The first kappa shape index (κ1) is 22.1.